The van der Waals surface area contributed by atoms with E-state index >= 15 is 0 Å². The average Bonchev–Trinajstić information content (AvgIpc) is 2.76. The van der Waals surface area contributed by atoms with E-state index in [1.54, 1.807) is 19.1 Å². The normalized spacial score (nSPS) is 16.6. The second-order valence-corrected chi connectivity index (χ2v) is 5.06. The summed E-state index contributed by atoms with van der Waals surface area (Å²) in [6.45, 7) is 3.85. The minimum atomic E-state index is -0.486. The van der Waals surface area contributed by atoms with Gasteiger partial charge in [-0.15, -0.1) is 0 Å². The van der Waals surface area contributed by atoms with Gasteiger partial charge in [-0.1, -0.05) is 11.6 Å². The van der Waals surface area contributed by atoms with E-state index in [0.29, 0.717) is 11.0 Å². The maximum Gasteiger partial charge on any atom is 0.328 e. The summed E-state index contributed by atoms with van der Waals surface area (Å²) in [6, 6.07) is 4.82. The first-order chi connectivity index (χ1) is 10.5. The average molecular weight is 298 g/mol. The SMILES string of the molecule is CCN1C(=O)N/C(=C\c2coc3ccc(C)cc3c2=O)C1=O. The number of aryl methyl sites for hydroxylation is 1. The van der Waals surface area contributed by atoms with Gasteiger partial charge in [-0.3, -0.25) is 14.5 Å². The molecule has 1 saturated heterocycles. The Kier molecular flexibility index (Phi) is 3.29. The van der Waals surface area contributed by atoms with Crippen LogP contribution < -0.4 is 10.7 Å². The quantitative estimate of drug-likeness (QED) is 0.679. The van der Waals surface area contributed by atoms with Crippen LogP contribution in [0.25, 0.3) is 17.0 Å². The lowest BCUT2D eigenvalue weighted by atomic mass is 10.1. The van der Waals surface area contributed by atoms with Gasteiger partial charge in [0.05, 0.1) is 10.9 Å². The van der Waals surface area contributed by atoms with E-state index in [2.05, 4.69) is 5.32 Å². The zero-order valence-corrected chi connectivity index (χ0v) is 12.2. The minimum absolute atomic E-state index is 0.0751. The molecule has 1 N–H and O–H groups in total. The predicted octanol–water partition coefficient (Wildman–Crippen LogP) is 2.01. The van der Waals surface area contributed by atoms with Gasteiger partial charge in [0, 0.05) is 6.54 Å². The number of benzene rings is 1. The summed E-state index contributed by atoms with van der Waals surface area (Å²) < 4.78 is 5.42. The van der Waals surface area contributed by atoms with Crippen molar-refractivity contribution in [3.8, 4) is 0 Å². The highest BCUT2D eigenvalue weighted by Crippen LogP contribution is 2.16. The molecule has 3 amide bonds. The molecule has 0 bridgehead atoms. The fourth-order valence-electron chi connectivity index (χ4n) is 2.37. The van der Waals surface area contributed by atoms with Gasteiger partial charge in [-0.2, -0.15) is 0 Å². The van der Waals surface area contributed by atoms with E-state index in [1.165, 1.54) is 12.3 Å². The highest BCUT2D eigenvalue weighted by molar-refractivity contribution is 6.14. The van der Waals surface area contributed by atoms with E-state index in [4.69, 9.17) is 4.42 Å². The summed E-state index contributed by atoms with van der Waals surface area (Å²) >= 11 is 0. The molecular formula is C16H14N2O4. The van der Waals surface area contributed by atoms with Gasteiger partial charge in [-0.25, -0.2) is 4.79 Å². The number of carbonyl (C=O) groups is 2. The van der Waals surface area contributed by atoms with Crippen LogP contribution in [0.2, 0.25) is 0 Å². The number of fused-ring (bicyclic) bond motifs is 1. The summed E-state index contributed by atoms with van der Waals surface area (Å²) in [4.78, 5) is 37.2. The zero-order chi connectivity index (χ0) is 15.9. The molecular weight excluding hydrogens is 284 g/mol. The lowest BCUT2D eigenvalue weighted by Gasteiger charge is -2.06. The summed E-state index contributed by atoms with van der Waals surface area (Å²) in [5.41, 5.74) is 1.47. The van der Waals surface area contributed by atoms with E-state index in [0.717, 1.165) is 10.5 Å². The summed E-state index contributed by atoms with van der Waals surface area (Å²) in [5, 5.41) is 2.90. The Morgan fingerprint density at radius 1 is 1.27 bits per heavy atom. The Hall–Kier alpha value is -2.89. The Bertz CT molecular complexity index is 879. The van der Waals surface area contributed by atoms with Crippen molar-refractivity contribution in [2.24, 2.45) is 0 Å². The highest BCUT2D eigenvalue weighted by Gasteiger charge is 2.32. The Balaban J connectivity index is 2.10. The molecule has 1 aromatic carbocycles. The van der Waals surface area contributed by atoms with Gasteiger partial charge in [0.2, 0.25) is 0 Å². The van der Waals surface area contributed by atoms with Gasteiger partial charge in [0.25, 0.3) is 5.91 Å². The van der Waals surface area contributed by atoms with Gasteiger partial charge < -0.3 is 9.73 Å². The number of nitrogens with zero attached hydrogens (tertiary/aromatic N) is 1. The molecule has 112 valence electrons. The topological polar surface area (TPSA) is 79.6 Å². The van der Waals surface area contributed by atoms with Crippen molar-refractivity contribution >= 4 is 29.0 Å². The van der Waals surface area contributed by atoms with Crippen molar-refractivity contribution in [3.63, 3.8) is 0 Å². The molecule has 0 saturated carbocycles. The molecule has 1 fully saturated rings. The zero-order valence-electron chi connectivity index (χ0n) is 12.2. The van der Waals surface area contributed by atoms with E-state index in [-0.39, 0.29) is 23.2 Å². The monoisotopic (exact) mass is 298 g/mol. The molecule has 0 spiro atoms. The number of hydrogen-bond donors (Lipinski definition) is 1. The molecule has 1 aliphatic rings. The first kappa shape index (κ1) is 14.1. The molecule has 1 aromatic heterocycles. The lowest BCUT2D eigenvalue weighted by molar-refractivity contribution is -0.122. The highest BCUT2D eigenvalue weighted by atomic mass is 16.3. The molecule has 2 aromatic rings. The van der Waals surface area contributed by atoms with E-state index in [9.17, 15) is 14.4 Å². The maximum atomic E-state index is 12.5. The summed E-state index contributed by atoms with van der Waals surface area (Å²) in [6.07, 6.45) is 2.64. The number of imide groups is 1. The van der Waals surface area contributed by atoms with E-state index < -0.39 is 11.9 Å². The summed E-state index contributed by atoms with van der Waals surface area (Å²) in [5.74, 6) is -0.448. The first-order valence-corrected chi connectivity index (χ1v) is 6.88. The lowest BCUT2D eigenvalue weighted by Crippen LogP contribution is -2.30. The van der Waals surface area contributed by atoms with Crippen molar-refractivity contribution in [2.75, 3.05) is 6.54 Å². The van der Waals surface area contributed by atoms with Crippen LogP contribution in [-0.4, -0.2) is 23.4 Å². The molecule has 3 rings (SSSR count). The van der Waals surface area contributed by atoms with Crippen LogP contribution in [0.3, 0.4) is 0 Å². The van der Waals surface area contributed by atoms with Crippen molar-refractivity contribution in [3.05, 3.63) is 51.5 Å². The van der Waals surface area contributed by atoms with Crippen LogP contribution >= 0.6 is 0 Å². The van der Waals surface area contributed by atoms with Gasteiger partial charge in [0.1, 0.15) is 17.5 Å². The molecule has 1 aliphatic heterocycles. The first-order valence-electron chi connectivity index (χ1n) is 6.88. The molecule has 6 heteroatoms. The van der Waals surface area contributed by atoms with Crippen molar-refractivity contribution in [1.82, 2.24) is 10.2 Å². The fourth-order valence-corrected chi connectivity index (χ4v) is 2.37. The predicted molar refractivity (Wildman–Crippen MR) is 81.1 cm³/mol. The standard InChI is InChI=1S/C16H14N2O4/c1-3-18-15(20)12(17-16(18)21)7-10-8-22-13-5-4-9(2)6-11(13)14(10)19/h4-8H,3H2,1-2H3,(H,17,21)/b12-7-. The third-order valence-corrected chi connectivity index (χ3v) is 3.53. The second kappa shape index (κ2) is 5.14. The fraction of sp³-hybridized carbons (Fsp3) is 0.188. The minimum Gasteiger partial charge on any atom is -0.463 e. The van der Waals surface area contributed by atoms with Crippen molar-refractivity contribution in [1.29, 1.82) is 0 Å². The van der Waals surface area contributed by atoms with Gasteiger partial charge in [-0.05, 0) is 32.1 Å². The molecule has 0 aliphatic carbocycles. The molecule has 6 nitrogen and oxygen atoms in total. The number of nitrogens with one attached hydrogen (secondary N) is 1. The maximum absolute atomic E-state index is 12.5. The number of urea groups is 1. The van der Waals surface area contributed by atoms with Crippen molar-refractivity contribution in [2.45, 2.75) is 13.8 Å². The molecule has 0 radical (unpaired) electrons. The summed E-state index contributed by atoms with van der Waals surface area (Å²) in [7, 11) is 0. The van der Waals surface area contributed by atoms with Crippen LogP contribution in [0.5, 0.6) is 0 Å². The van der Waals surface area contributed by atoms with Gasteiger partial charge >= 0.3 is 6.03 Å². The second-order valence-electron chi connectivity index (χ2n) is 5.06. The van der Waals surface area contributed by atoms with Crippen LogP contribution in [0.15, 0.2) is 39.4 Å². The Labute approximate surface area is 126 Å². The van der Waals surface area contributed by atoms with Crippen LogP contribution in [0.4, 0.5) is 4.79 Å². The third kappa shape index (κ3) is 2.18. The van der Waals surface area contributed by atoms with Crippen molar-refractivity contribution < 1.29 is 14.0 Å². The third-order valence-electron chi connectivity index (χ3n) is 3.53. The Morgan fingerprint density at radius 3 is 2.73 bits per heavy atom. The number of carbonyl (C=O) groups excluding carboxylic acids is 2. The molecule has 0 unspecified atom stereocenters. The number of likely N-dealkylation sites (N-methyl/N-ethyl adjacent to an activating group) is 1. The van der Waals surface area contributed by atoms with Crippen LogP contribution in [-0.2, 0) is 4.79 Å². The Morgan fingerprint density at radius 2 is 2.05 bits per heavy atom. The van der Waals surface area contributed by atoms with Crippen LogP contribution in [0.1, 0.15) is 18.1 Å². The molecule has 0 atom stereocenters. The van der Waals surface area contributed by atoms with E-state index in [1.807, 2.05) is 13.0 Å². The molecule has 2 heterocycles. The number of hydrogen-bond acceptors (Lipinski definition) is 4. The van der Waals surface area contributed by atoms with Gasteiger partial charge in [0.15, 0.2) is 5.43 Å². The number of amides is 3. The van der Waals surface area contributed by atoms with Crippen LogP contribution in [0, 0.1) is 6.92 Å². The smallest absolute Gasteiger partial charge is 0.328 e. The number of rotatable bonds is 2. The molecule has 22 heavy (non-hydrogen) atoms. The largest absolute Gasteiger partial charge is 0.463 e.